The van der Waals surface area contributed by atoms with Crippen molar-refractivity contribution >= 4 is 50.3 Å². The molecule has 2 aliphatic heterocycles. The topological polar surface area (TPSA) is 222 Å². The molecule has 2 aliphatic rings. The van der Waals surface area contributed by atoms with Crippen LogP contribution in [0.25, 0.3) is 0 Å². The molecule has 1 fully saturated rings. The van der Waals surface area contributed by atoms with Crippen LogP contribution in [0.15, 0.2) is 108 Å². The lowest BCUT2D eigenvalue weighted by Gasteiger charge is -2.51. The highest BCUT2D eigenvalue weighted by Crippen LogP contribution is 2.42. The number of nitrogens with zero attached hydrogens (tertiary/aromatic N) is 4. The number of anilines is 1. The number of hydrogen-bond acceptors (Lipinski definition) is 15. The molecule has 4 N–H and O–H groups in total. The van der Waals surface area contributed by atoms with Crippen LogP contribution in [0.1, 0.15) is 56.1 Å². The number of aromatic nitrogens is 2. The quantitative estimate of drug-likeness (QED) is 0.0236. The summed E-state index contributed by atoms with van der Waals surface area (Å²) >= 11 is 0.752. The number of esters is 1. The number of allylic oxidation sites excluding steroid dienone is 1. The summed E-state index contributed by atoms with van der Waals surface area (Å²) in [6.07, 6.45) is -3.16. The van der Waals surface area contributed by atoms with Crippen molar-refractivity contribution in [3.8, 4) is 0 Å². The number of carbonyl (C=O) groups excluding carboxylic acids is 3. The van der Waals surface area contributed by atoms with Gasteiger partial charge in [-0.2, -0.15) is 30.9 Å². The Bertz CT molecular complexity index is 2260. The van der Waals surface area contributed by atoms with Gasteiger partial charge in [0, 0.05) is 34.6 Å². The second-order valence-corrected chi connectivity index (χ2v) is 16.5. The van der Waals surface area contributed by atoms with E-state index in [-0.39, 0.29) is 17.4 Å². The van der Waals surface area contributed by atoms with E-state index < -0.39 is 93.2 Å². The molecule has 0 saturated carbocycles. The van der Waals surface area contributed by atoms with Crippen LogP contribution in [0.3, 0.4) is 0 Å². The van der Waals surface area contributed by atoms with Gasteiger partial charge in [0.1, 0.15) is 17.5 Å². The minimum atomic E-state index is -6.27. The first-order valence-corrected chi connectivity index (χ1v) is 19.9. The Kier molecular flexibility index (Phi) is 12.1. The van der Waals surface area contributed by atoms with Crippen molar-refractivity contribution in [2.45, 2.75) is 63.1 Å². The Morgan fingerprint density at radius 2 is 1.53 bits per heavy atom. The summed E-state index contributed by atoms with van der Waals surface area (Å²) in [5, 5.41) is 17.8. The lowest BCUT2D eigenvalue weighted by Crippen LogP contribution is -2.72. The molecule has 21 heteroatoms. The minimum Gasteiger partial charge on any atom is -0.438 e. The van der Waals surface area contributed by atoms with Crippen LogP contribution in [0.5, 0.6) is 0 Å². The van der Waals surface area contributed by atoms with E-state index in [1.807, 2.05) is 54.6 Å². The smallest absolute Gasteiger partial charge is 0.438 e. The van der Waals surface area contributed by atoms with Crippen molar-refractivity contribution in [2.24, 2.45) is 10.6 Å². The summed E-state index contributed by atoms with van der Waals surface area (Å²) in [7, 11) is -6.27. The van der Waals surface area contributed by atoms with Crippen molar-refractivity contribution in [3.63, 3.8) is 0 Å². The maximum Gasteiger partial charge on any atom is 0.534 e. The molecule has 3 aromatic carbocycles. The Labute approximate surface area is 339 Å². The predicted molar refractivity (Wildman–Crippen MR) is 204 cm³/mol. The average Bonchev–Trinajstić information content (AvgIpc) is 3.63. The minimum absolute atomic E-state index is 0.0302. The number of β-lactam (4-membered cyclic amide) rings is 1. The molecule has 59 heavy (non-hydrogen) atoms. The van der Waals surface area contributed by atoms with Gasteiger partial charge in [-0.05, 0) is 27.2 Å². The van der Waals surface area contributed by atoms with Crippen molar-refractivity contribution < 1.29 is 59.6 Å². The summed E-state index contributed by atoms with van der Waals surface area (Å²) in [5.41, 5.74) is -1.89. The van der Waals surface area contributed by atoms with Gasteiger partial charge in [0.25, 0.3) is 11.8 Å². The molecule has 16 nitrogen and oxygen atoms in total. The van der Waals surface area contributed by atoms with Gasteiger partial charge in [0.15, 0.2) is 11.9 Å². The highest BCUT2D eigenvalue weighted by atomic mass is 32.2. The third kappa shape index (κ3) is 8.77. The molecule has 0 bridgehead atoms. The Balaban J connectivity index is 1.33. The number of alkyl halides is 3. The fourth-order valence-corrected chi connectivity index (χ4v) is 7.28. The number of aliphatic hydroxyl groups is 1. The van der Waals surface area contributed by atoms with E-state index in [2.05, 4.69) is 24.0 Å². The maximum absolute atomic E-state index is 14.2. The van der Waals surface area contributed by atoms with Gasteiger partial charge in [-0.3, -0.25) is 14.4 Å². The van der Waals surface area contributed by atoms with Crippen LogP contribution in [-0.2, 0) is 48.6 Å². The molecular weight excluding hydrogens is 822 g/mol. The molecule has 3 atom stereocenters. The van der Waals surface area contributed by atoms with Crippen LogP contribution in [0, 0.1) is 5.41 Å². The van der Waals surface area contributed by atoms with Crippen LogP contribution >= 0.6 is 11.5 Å². The zero-order valence-electron chi connectivity index (χ0n) is 31.5. The van der Waals surface area contributed by atoms with E-state index in [1.54, 1.807) is 36.4 Å². The lowest BCUT2D eigenvalue weighted by atomic mass is 9.80. The van der Waals surface area contributed by atoms with Crippen LogP contribution in [0.4, 0.5) is 18.3 Å². The van der Waals surface area contributed by atoms with E-state index in [0.717, 1.165) is 16.4 Å². The number of halogens is 3. The van der Waals surface area contributed by atoms with Gasteiger partial charge in [-0.25, -0.2) is 0 Å². The number of ether oxygens (including phenoxy) is 2. The number of hydrogen-bond donors (Lipinski definition) is 3. The largest absolute Gasteiger partial charge is 0.534 e. The molecule has 6 rings (SSSR count). The van der Waals surface area contributed by atoms with Gasteiger partial charge >= 0.3 is 21.6 Å². The van der Waals surface area contributed by atoms with Crippen molar-refractivity contribution in [3.05, 3.63) is 125 Å². The molecular formula is C38H37F3N6O10S2. The molecule has 0 spiro atoms. The zero-order valence-corrected chi connectivity index (χ0v) is 33.1. The first kappa shape index (κ1) is 42.7. The van der Waals surface area contributed by atoms with Crippen LogP contribution in [-0.4, -0.2) is 82.0 Å². The number of benzene rings is 3. The van der Waals surface area contributed by atoms with E-state index in [4.69, 9.17) is 20.0 Å². The summed E-state index contributed by atoms with van der Waals surface area (Å²) in [4.78, 5) is 51.5. The predicted octanol–water partition coefficient (Wildman–Crippen LogP) is 4.28. The van der Waals surface area contributed by atoms with Gasteiger partial charge in [-0.1, -0.05) is 96.2 Å². The van der Waals surface area contributed by atoms with Gasteiger partial charge < -0.3 is 39.6 Å². The van der Waals surface area contributed by atoms with Gasteiger partial charge in [0.2, 0.25) is 23.4 Å². The number of nitrogens with one attached hydrogen (secondary N) is 1. The molecule has 1 aromatic heterocycles. The SMILES string of the molecule is CC(C)(C)C(=O)OCOC(O)C1=C(OS(=O)(=O)C(F)(F)F)CC[C@@H]2[C@H](NC(=O)/C(=N\OC(c3ccccc3)(c3ccccc3)c3ccccc3)c3nsc(N)n3)C(=O)N12. The number of amides is 2. The Morgan fingerprint density at radius 1 is 0.983 bits per heavy atom. The fourth-order valence-electron chi connectivity index (χ4n) is 6.32. The summed E-state index contributed by atoms with van der Waals surface area (Å²) in [5.74, 6) is -4.02. The van der Waals surface area contributed by atoms with Gasteiger partial charge in [-0.15, -0.1) is 0 Å². The first-order valence-electron chi connectivity index (χ1n) is 17.7. The monoisotopic (exact) mass is 858 g/mol. The number of nitrogens with two attached hydrogens (primary N) is 1. The number of fused-ring (bicyclic) bond motifs is 1. The maximum atomic E-state index is 14.2. The molecule has 1 unspecified atom stereocenters. The number of carbonyl (C=O) groups is 3. The summed E-state index contributed by atoms with van der Waals surface area (Å²) in [6, 6.07) is 24.7. The third-order valence-corrected chi connectivity index (χ3v) is 10.7. The van der Waals surface area contributed by atoms with Crippen LogP contribution < -0.4 is 11.1 Å². The highest BCUT2D eigenvalue weighted by Gasteiger charge is 2.56. The second-order valence-electron chi connectivity index (χ2n) is 14.1. The number of aliphatic hydroxyl groups excluding tert-OH is 1. The lowest BCUT2D eigenvalue weighted by molar-refractivity contribution is -0.192. The van der Waals surface area contributed by atoms with E-state index in [9.17, 15) is 41.1 Å². The summed E-state index contributed by atoms with van der Waals surface area (Å²) < 4.78 is 82.8. The van der Waals surface area contributed by atoms with Crippen molar-refractivity contribution in [2.75, 3.05) is 12.5 Å². The van der Waals surface area contributed by atoms with E-state index >= 15 is 0 Å². The van der Waals surface area contributed by atoms with Crippen molar-refractivity contribution in [1.82, 2.24) is 19.6 Å². The van der Waals surface area contributed by atoms with Gasteiger partial charge in [0.05, 0.1) is 11.5 Å². The molecule has 4 aromatic rings. The molecule has 3 heterocycles. The van der Waals surface area contributed by atoms with E-state index in [1.165, 1.54) is 20.8 Å². The number of rotatable bonds is 14. The van der Waals surface area contributed by atoms with E-state index in [0.29, 0.717) is 16.7 Å². The zero-order chi connectivity index (χ0) is 42.8. The molecule has 1 saturated heterocycles. The Morgan fingerprint density at radius 3 is 2.00 bits per heavy atom. The summed E-state index contributed by atoms with van der Waals surface area (Å²) in [6.45, 7) is 3.63. The standard InChI is InChI=1S/C38H37F3N6O10S2/c1-36(2,3)34(51)55-21-54-33(50)29-26(56-59(52,53)38(39,40)41)20-19-25-27(32(49)47(25)29)43-31(48)28(30-44-35(42)58-46-30)45-57-37(22-13-7-4-8-14-22,23-15-9-5-10-16-23)24-17-11-6-12-18-24/h4-18,25,27,33,50H,19-21H2,1-3H3,(H,43,48)(H2,42,44,46)/b45-28-/t25-,27+,33?/m1/s1. The molecule has 0 aliphatic carbocycles. The normalized spacial score (nSPS) is 18.1. The highest BCUT2D eigenvalue weighted by molar-refractivity contribution is 7.87. The molecule has 312 valence electrons. The van der Waals surface area contributed by atoms with Crippen LogP contribution in [0.2, 0.25) is 0 Å². The molecule has 0 radical (unpaired) electrons. The first-order chi connectivity index (χ1) is 27.8. The number of nitrogen functional groups attached to an aromatic ring is 1. The third-order valence-electron chi connectivity index (χ3n) is 9.16. The second kappa shape index (κ2) is 16.8. The molecule has 2 amide bonds. The Hall–Kier alpha value is -5.90. The average molecular weight is 859 g/mol. The number of oxime groups is 1. The fraction of sp³-hybridized carbons (Fsp3) is 0.316. The van der Waals surface area contributed by atoms with Crippen molar-refractivity contribution in [1.29, 1.82) is 0 Å².